The van der Waals surface area contributed by atoms with Crippen molar-refractivity contribution in [3.63, 3.8) is 0 Å². The van der Waals surface area contributed by atoms with Crippen LogP contribution in [0, 0.1) is 17.8 Å². The molecule has 0 aliphatic heterocycles. The zero-order chi connectivity index (χ0) is 10.6. The fourth-order valence-electron chi connectivity index (χ4n) is 2.66. The molecule has 0 heterocycles. The molecular formula is C11H15Cl2Si. The van der Waals surface area contributed by atoms with Crippen LogP contribution >= 0.6 is 23.2 Å². The maximum absolute atomic E-state index is 6.50. The third-order valence-electron chi connectivity index (χ3n) is 3.58. The Morgan fingerprint density at radius 2 is 1.86 bits per heavy atom. The fourth-order valence-corrected chi connectivity index (χ4v) is 3.35. The summed E-state index contributed by atoms with van der Waals surface area (Å²) in [5.74, 6) is 1.70. The van der Waals surface area contributed by atoms with Gasteiger partial charge in [-0.15, -0.1) is 23.2 Å². The highest BCUT2D eigenvalue weighted by atomic mass is 35.5. The van der Waals surface area contributed by atoms with E-state index in [4.69, 9.17) is 23.2 Å². The molecule has 2 rings (SSSR count). The van der Waals surface area contributed by atoms with Gasteiger partial charge in [-0.3, -0.25) is 0 Å². The molecule has 3 radical (unpaired) electrons. The van der Waals surface area contributed by atoms with Crippen molar-refractivity contribution in [3.05, 3.63) is 12.2 Å². The monoisotopic (exact) mass is 245 g/mol. The van der Waals surface area contributed by atoms with Crippen LogP contribution < -0.4 is 0 Å². The lowest BCUT2D eigenvalue weighted by Gasteiger charge is -2.41. The summed E-state index contributed by atoms with van der Waals surface area (Å²) in [5.41, 5.74) is 0. The second-order valence-electron chi connectivity index (χ2n) is 5.13. The Morgan fingerprint density at radius 3 is 2.21 bits per heavy atom. The SMILES string of the molecule is CC(C)([Si])C(Cl)(Cl)C1CC2C=CC1C2. The number of halogens is 2. The van der Waals surface area contributed by atoms with E-state index in [-0.39, 0.29) is 5.04 Å². The summed E-state index contributed by atoms with van der Waals surface area (Å²) in [7, 11) is 3.65. The van der Waals surface area contributed by atoms with Crippen molar-refractivity contribution in [2.24, 2.45) is 17.8 Å². The van der Waals surface area contributed by atoms with E-state index in [0.717, 1.165) is 12.3 Å². The van der Waals surface area contributed by atoms with Gasteiger partial charge in [0.25, 0.3) is 0 Å². The Morgan fingerprint density at radius 1 is 1.21 bits per heavy atom. The van der Waals surface area contributed by atoms with Gasteiger partial charge in [0.2, 0.25) is 0 Å². The standard InChI is InChI=1S/C11H15Cl2Si/c1-10(2,14)11(12,13)9-6-7-3-4-8(9)5-7/h3-4,7-9H,5-6H2,1-2H3. The Kier molecular flexibility index (Phi) is 2.57. The van der Waals surface area contributed by atoms with Gasteiger partial charge in [-0.05, 0) is 35.6 Å². The molecule has 0 saturated heterocycles. The normalized spacial score (nSPS) is 36.8. The summed E-state index contributed by atoms with van der Waals surface area (Å²) in [6.07, 6.45) is 6.98. The van der Waals surface area contributed by atoms with Gasteiger partial charge >= 0.3 is 0 Å². The van der Waals surface area contributed by atoms with E-state index in [1.54, 1.807) is 0 Å². The number of rotatable bonds is 2. The molecular weight excluding hydrogens is 231 g/mol. The molecule has 3 atom stereocenters. The van der Waals surface area contributed by atoms with Crippen molar-refractivity contribution in [1.82, 2.24) is 0 Å². The molecule has 2 aliphatic rings. The molecule has 3 heteroatoms. The van der Waals surface area contributed by atoms with Crippen LogP contribution in [-0.2, 0) is 0 Å². The van der Waals surface area contributed by atoms with Crippen LogP contribution in [-0.4, -0.2) is 14.6 Å². The molecule has 2 aliphatic carbocycles. The van der Waals surface area contributed by atoms with Crippen LogP contribution in [0.5, 0.6) is 0 Å². The maximum Gasteiger partial charge on any atom is 0.123 e. The Labute approximate surface area is 99.5 Å². The van der Waals surface area contributed by atoms with Crippen LogP contribution in [0.4, 0.5) is 0 Å². The van der Waals surface area contributed by atoms with Crippen LogP contribution in [0.1, 0.15) is 26.7 Å². The predicted molar refractivity (Wildman–Crippen MR) is 63.1 cm³/mol. The minimum Gasteiger partial charge on any atom is -0.101 e. The highest BCUT2D eigenvalue weighted by Gasteiger charge is 2.52. The largest absolute Gasteiger partial charge is 0.123 e. The van der Waals surface area contributed by atoms with Gasteiger partial charge in [-0.1, -0.05) is 26.0 Å². The minimum atomic E-state index is -0.673. The molecule has 77 valence electrons. The van der Waals surface area contributed by atoms with Crippen molar-refractivity contribution in [1.29, 1.82) is 0 Å². The zero-order valence-corrected chi connectivity index (χ0v) is 11.1. The van der Waals surface area contributed by atoms with E-state index in [1.165, 1.54) is 6.42 Å². The van der Waals surface area contributed by atoms with E-state index < -0.39 is 4.33 Å². The number of fused-ring (bicyclic) bond motifs is 2. The van der Waals surface area contributed by atoms with E-state index in [9.17, 15) is 0 Å². The molecule has 0 aromatic heterocycles. The predicted octanol–water partition coefficient (Wildman–Crippen LogP) is 3.74. The first-order chi connectivity index (χ1) is 6.32. The highest BCUT2D eigenvalue weighted by Crippen LogP contribution is 2.59. The molecule has 0 nitrogen and oxygen atoms in total. The number of hydrogen-bond donors (Lipinski definition) is 0. The summed E-state index contributed by atoms with van der Waals surface area (Å²) >= 11 is 13.0. The van der Waals surface area contributed by atoms with Gasteiger partial charge < -0.3 is 0 Å². The second-order valence-corrected chi connectivity index (χ2v) is 7.77. The Bertz CT molecular complexity index is 265. The van der Waals surface area contributed by atoms with Crippen molar-refractivity contribution >= 4 is 33.4 Å². The summed E-state index contributed by atoms with van der Waals surface area (Å²) in [5, 5.41) is -0.237. The zero-order valence-electron chi connectivity index (χ0n) is 8.56. The van der Waals surface area contributed by atoms with Gasteiger partial charge in [0, 0.05) is 10.2 Å². The van der Waals surface area contributed by atoms with Crippen LogP contribution in [0.15, 0.2) is 12.2 Å². The lowest BCUT2D eigenvalue weighted by atomic mass is 9.84. The molecule has 2 bridgehead atoms. The minimum absolute atomic E-state index is 0.237. The van der Waals surface area contributed by atoms with Gasteiger partial charge in [0.05, 0.1) is 0 Å². The van der Waals surface area contributed by atoms with Crippen LogP contribution in [0.2, 0.25) is 5.04 Å². The van der Waals surface area contributed by atoms with E-state index in [1.807, 2.05) is 13.8 Å². The van der Waals surface area contributed by atoms with Gasteiger partial charge in [-0.2, -0.15) is 0 Å². The Hall–Kier alpha value is 0.537. The van der Waals surface area contributed by atoms with Gasteiger partial charge in [0.1, 0.15) is 4.33 Å². The lowest BCUT2D eigenvalue weighted by Crippen LogP contribution is -2.38. The third-order valence-corrected chi connectivity index (χ3v) is 5.79. The molecule has 0 aromatic carbocycles. The van der Waals surface area contributed by atoms with E-state index in [0.29, 0.717) is 11.8 Å². The van der Waals surface area contributed by atoms with Gasteiger partial charge in [0.15, 0.2) is 0 Å². The molecule has 3 unspecified atom stereocenters. The first-order valence-corrected chi connectivity index (χ1v) is 6.39. The van der Waals surface area contributed by atoms with Crippen molar-refractivity contribution in [3.8, 4) is 0 Å². The molecule has 0 amide bonds. The van der Waals surface area contributed by atoms with Crippen LogP contribution in [0.25, 0.3) is 0 Å². The van der Waals surface area contributed by atoms with Gasteiger partial charge in [-0.25, -0.2) is 0 Å². The van der Waals surface area contributed by atoms with E-state index >= 15 is 0 Å². The molecule has 14 heavy (non-hydrogen) atoms. The molecule has 0 N–H and O–H groups in total. The maximum atomic E-state index is 6.50. The van der Waals surface area contributed by atoms with Crippen molar-refractivity contribution in [2.45, 2.75) is 36.1 Å². The fraction of sp³-hybridized carbons (Fsp3) is 0.818. The summed E-state index contributed by atoms with van der Waals surface area (Å²) in [4.78, 5) is 0. The summed E-state index contributed by atoms with van der Waals surface area (Å²) in [6.45, 7) is 4.08. The average molecular weight is 246 g/mol. The average Bonchev–Trinajstić information content (AvgIpc) is 2.61. The van der Waals surface area contributed by atoms with Crippen molar-refractivity contribution < 1.29 is 0 Å². The molecule has 1 saturated carbocycles. The number of hydrogen-bond acceptors (Lipinski definition) is 0. The summed E-state index contributed by atoms with van der Waals surface area (Å²) in [6, 6.07) is 0. The number of allylic oxidation sites excluding steroid dienone is 2. The second kappa shape index (κ2) is 3.26. The lowest BCUT2D eigenvalue weighted by molar-refractivity contribution is 0.343. The van der Waals surface area contributed by atoms with E-state index in [2.05, 4.69) is 22.4 Å². The third kappa shape index (κ3) is 1.58. The first kappa shape index (κ1) is 11.0. The molecule has 0 aromatic rings. The molecule has 0 spiro atoms. The van der Waals surface area contributed by atoms with Crippen molar-refractivity contribution in [2.75, 3.05) is 0 Å². The highest BCUT2D eigenvalue weighted by molar-refractivity contribution is 6.52. The number of alkyl halides is 2. The topological polar surface area (TPSA) is 0 Å². The Balaban J connectivity index is 2.20. The first-order valence-electron chi connectivity index (χ1n) is 5.13. The smallest absolute Gasteiger partial charge is 0.101 e. The van der Waals surface area contributed by atoms with Crippen LogP contribution in [0.3, 0.4) is 0 Å². The quantitative estimate of drug-likeness (QED) is 0.395. The molecule has 1 fully saturated rings. The summed E-state index contributed by atoms with van der Waals surface area (Å²) < 4.78 is -0.673.